The van der Waals surface area contributed by atoms with Gasteiger partial charge in [0.1, 0.15) is 5.69 Å². The lowest BCUT2D eigenvalue weighted by molar-refractivity contribution is -0.384. The van der Waals surface area contributed by atoms with Gasteiger partial charge >= 0.3 is 0 Å². The smallest absolute Gasteiger partial charge is 0.293 e. The second-order valence-corrected chi connectivity index (χ2v) is 10.1. The minimum absolute atomic E-state index is 0.0279. The molecule has 1 aliphatic rings. The van der Waals surface area contributed by atoms with E-state index in [0.29, 0.717) is 23.0 Å². The van der Waals surface area contributed by atoms with Crippen LogP contribution >= 0.6 is 11.9 Å². The number of nitro groups is 1. The van der Waals surface area contributed by atoms with Crippen molar-refractivity contribution in [1.29, 1.82) is 0 Å². The van der Waals surface area contributed by atoms with Crippen LogP contribution in [0.5, 0.6) is 0 Å². The number of hydrogen-bond donors (Lipinski definition) is 2. The molecule has 2 aromatic carbocycles. The first-order chi connectivity index (χ1) is 16.3. The van der Waals surface area contributed by atoms with Crippen LogP contribution in [0.3, 0.4) is 0 Å². The van der Waals surface area contributed by atoms with Crippen LogP contribution in [-0.2, 0) is 12.0 Å². The third kappa shape index (κ3) is 7.30. The fourth-order valence-electron chi connectivity index (χ4n) is 3.73. The van der Waals surface area contributed by atoms with Crippen molar-refractivity contribution in [2.45, 2.75) is 75.6 Å². The molecule has 4 rings (SSSR count). The molecule has 8 nitrogen and oxygen atoms in total. The Balaban J connectivity index is 0.000000196. The highest BCUT2D eigenvalue weighted by molar-refractivity contribution is 7.97. The number of rotatable bonds is 6. The van der Waals surface area contributed by atoms with Crippen LogP contribution in [-0.4, -0.2) is 15.1 Å². The maximum absolute atomic E-state index is 11.0. The van der Waals surface area contributed by atoms with Gasteiger partial charge in [0.2, 0.25) is 11.8 Å². The van der Waals surface area contributed by atoms with Crippen molar-refractivity contribution in [1.82, 2.24) is 10.2 Å². The molecule has 1 saturated carbocycles. The minimum Gasteiger partial charge on any atom is -0.424 e. The summed E-state index contributed by atoms with van der Waals surface area (Å²) in [7, 11) is 0. The Morgan fingerprint density at radius 3 is 2.41 bits per heavy atom. The van der Waals surface area contributed by atoms with Gasteiger partial charge in [-0.1, -0.05) is 70.4 Å². The molecular formula is C25H33N5O3S. The first-order valence-electron chi connectivity index (χ1n) is 11.5. The molecule has 0 unspecified atom stereocenters. The zero-order chi connectivity index (χ0) is 24.6. The monoisotopic (exact) mass is 483 g/mol. The highest BCUT2D eigenvalue weighted by Crippen LogP contribution is 2.33. The molecule has 182 valence electrons. The maximum Gasteiger partial charge on any atom is 0.293 e. The number of nitrogens with one attached hydrogen (secondary N) is 1. The molecular weight excluding hydrogens is 450 g/mol. The van der Waals surface area contributed by atoms with Gasteiger partial charge in [-0.3, -0.25) is 15.3 Å². The molecule has 34 heavy (non-hydrogen) atoms. The number of aromatic nitrogens is 2. The lowest BCUT2D eigenvalue weighted by atomic mass is 9.89. The second kappa shape index (κ2) is 12.0. The minimum atomic E-state index is -0.410. The molecule has 3 N–H and O–H groups in total. The summed E-state index contributed by atoms with van der Waals surface area (Å²) in [6.07, 6.45) is 6.39. The molecule has 0 amide bonds. The van der Waals surface area contributed by atoms with Gasteiger partial charge in [-0.25, -0.2) is 0 Å². The van der Waals surface area contributed by atoms with E-state index in [1.54, 1.807) is 12.1 Å². The number of nitro benzene ring substituents is 1. The third-order valence-electron chi connectivity index (χ3n) is 5.66. The van der Waals surface area contributed by atoms with Crippen molar-refractivity contribution < 1.29 is 9.34 Å². The number of nitrogens with two attached hydrogens (primary N) is 1. The molecule has 1 aliphatic carbocycles. The van der Waals surface area contributed by atoms with Gasteiger partial charge in [0.15, 0.2) is 0 Å². The van der Waals surface area contributed by atoms with Crippen LogP contribution in [0.25, 0.3) is 0 Å². The Kier molecular flexibility index (Phi) is 9.06. The van der Waals surface area contributed by atoms with E-state index < -0.39 is 4.92 Å². The van der Waals surface area contributed by atoms with E-state index in [1.807, 2.05) is 30.3 Å². The van der Waals surface area contributed by atoms with Gasteiger partial charge in [0.05, 0.1) is 4.92 Å². The molecule has 3 aromatic rings. The summed E-state index contributed by atoms with van der Waals surface area (Å²) in [6, 6.07) is 14.6. The first kappa shape index (κ1) is 25.7. The van der Waals surface area contributed by atoms with E-state index in [-0.39, 0.29) is 11.1 Å². The summed E-state index contributed by atoms with van der Waals surface area (Å²) >= 11 is 0.991. The van der Waals surface area contributed by atoms with E-state index in [4.69, 9.17) is 9.56 Å². The predicted octanol–water partition coefficient (Wildman–Crippen LogP) is 6.59. The average Bonchev–Trinajstić information content (AvgIpc) is 3.35. The lowest BCUT2D eigenvalue weighted by Gasteiger charge is -2.18. The van der Waals surface area contributed by atoms with Crippen LogP contribution in [0.4, 0.5) is 11.4 Å². The third-order valence-corrected chi connectivity index (χ3v) is 6.19. The molecule has 1 heterocycles. The fourth-order valence-corrected chi connectivity index (χ4v) is 4.06. The van der Waals surface area contributed by atoms with Gasteiger partial charge < -0.3 is 9.73 Å². The predicted molar refractivity (Wildman–Crippen MR) is 136 cm³/mol. The highest BCUT2D eigenvalue weighted by atomic mass is 32.2. The molecule has 0 atom stereocenters. The van der Waals surface area contributed by atoms with Crippen molar-refractivity contribution in [3.63, 3.8) is 0 Å². The van der Waals surface area contributed by atoms with Crippen molar-refractivity contribution in [2.75, 3.05) is 5.32 Å². The Labute approximate surface area is 205 Å². The van der Waals surface area contributed by atoms with E-state index in [0.717, 1.165) is 29.3 Å². The summed E-state index contributed by atoms with van der Waals surface area (Å²) < 4.78 is 5.77. The summed E-state index contributed by atoms with van der Waals surface area (Å²) in [5.41, 5.74) is 1.56. The summed E-state index contributed by atoms with van der Waals surface area (Å²) in [6.45, 7) is 6.85. The van der Waals surface area contributed by atoms with Crippen LogP contribution in [0.15, 0.2) is 57.8 Å². The van der Waals surface area contributed by atoms with Crippen LogP contribution < -0.4 is 10.5 Å². The molecule has 9 heteroatoms. The molecule has 1 aromatic heterocycles. The maximum atomic E-state index is 11.0. The van der Waals surface area contributed by atoms with E-state index >= 15 is 0 Å². The van der Waals surface area contributed by atoms with Crippen molar-refractivity contribution in [2.24, 2.45) is 5.14 Å². The second-order valence-electron chi connectivity index (χ2n) is 9.42. The van der Waals surface area contributed by atoms with E-state index in [9.17, 15) is 10.1 Å². The van der Waals surface area contributed by atoms with Gasteiger partial charge in [-0.05, 0) is 42.5 Å². The molecule has 0 saturated heterocycles. The number of hydrogen-bond acceptors (Lipinski definition) is 8. The molecule has 0 bridgehead atoms. The lowest BCUT2D eigenvalue weighted by Crippen LogP contribution is -2.11. The fraction of sp³-hybridized carbons (Fsp3) is 0.440. The molecule has 0 aliphatic heterocycles. The Hall–Kier alpha value is -2.91. The Morgan fingerprint density at radius 2 is 1.82 bits per heavy atom. The van der Waals surface area contributed by atoms with Crippen LogP contribution in [0.2, 0.25) is 0 Å². The van der Waals surface area contributed by atoms with Gasteiger partial charge in [-0.2, -0.15) is 0 Å². The summed E-state index contributed by atoms with van der Waals surface area (Å²) in [5, 5.41) is 27.8. The zero-order valence-corrected chi connectivity index (χ0v) is 20.8. The highest BCUT2D eigenvalue weighted by Gasteiger charge is 2.25. The quantitative estimate of drug-likeness (QED) is 0.229. The standard InChI is InChI=1S/C13H13N3O2S.C12H20N2O/c14-19-11-6-7-12(13(8-11)16(17)18)15-9-10-4-2-1-3-5-10;1-12(2,3)11-14-13-10(15-11)9-7-5-4-6-8-9/h1-8,15H,9,14H2;9H,4-8H2,1-3H3. The average molecular weight is 484 g/mol. The summed E-state index contributed by atoms with van der Waals surface area (Å²) in [4.78, 5) is 11.3. The number of benzene rings is 2. The Morgan fingerprint density at radius 1 is 1.12 bits per heavy atom. The van der Waals surface area contributed by atoms with E-state index in [2.05, 4.69) is 36.3 Å². The van der Waals surface area contributed by atoms with Crippen molar-refractivity contribution >= 4 is 23.3 Å². The number of anilines is 1. The molecule has 0 radical (unpaired) electrons. The van der Waals surface area contributed by atoms with E-state index in [1.165, 1.54) is 38.2 Å². The van der Waals surface area contributed by atoms with Crippen molar-refractivity contribution in [3.05, 3.63) is 76.0 Å². The molecule has 0 spiro atoms. The van der Waals surface area contributed by atoms with Gasteiger partial charge in [-0.15, -0.1) is 10.2 Å². The first-order valence-corrected chi connectivity index (χ1v) is 12.4. The zero-order valence-electron chi connectivity index (χ0n) is 20.0. The van der Waals surface area contributed by atoms with Gasteiger partial charge in [0, 0.05) is 28.8 Å². The topological polar surface area (TPSA) is 120 Å². The molecule has 1 fully saturated rings. The van der Waals surface area contributed by atoms with Crippen molar-refractivity contribution in [3.8, 4) is 0 Å². The van der Waals surface area contributed by atoms with Gasteiger partial charge in [0.25, 0.3) is 5.69 Å². The SMILES string of the molecule is CC(C)(C)c1nnc(C2CCCCC2)o1.NSc1ccc(NCc2ccccc2)c([N+](=O)[O-])c1. The largest absolute Gasteiger partial charge is 0.424 e. The number of nitrogens with zero attached hydrogens (tertiary/aromatic N) is 3. The van der Waals surface area contributed by atoms with Crippen LogP contribution in [0.1, 0.15) is 76.1 Å². The normalized spacial score (nSPS) is 14.2. The Bertz CT molecular complexity index is 1060. The van der Waals surface area contributed by atoms with Crippen LogP contribution in [0, 0.1) is 10.1 Å². The summed E-state index contributed by atoms with van der Waals surface area (Å²) in [5.74, 6) is 2.14.